The summed E-state index contributed by atoms with van der Waals surface area (Å²) in [5, 5.41) is 0. The molecule has 0 spiro atoms. The van der Waals surface area contributed by atoms with Crippen LogP contribution in [0.1, 0.15) is 22.7 Å². The molecule has 3 nitrogen and oxygen atoms in total. The quantitative estimate of drug-likeness (QED) is 0.862. The van der Waals surface area contributed by atoms with Crippen LogP contribution >= 0.6 is 0 Å². The van der Waals surface area contributed by atoms with Crippen LogP contribution in [-0.2, 0) is 11.0 Å². The molecule has 0 radical (unpaired) electrons. The van der Waals surface area contributed by atoms with Crippen LogP contribution in [0, 0.1) is 6.92 Å². The zero-order chi connectivity index (χ0) is 16.8. The lowest BCUT2D eigenvalue weighted by molar-refractivity contribution is -0.137. The summed E-state index contributed by atoms with van der Waals surface area (Å²) in [6, 6.07) is 10.9. The number of anilines is 1. The van der Waals surface area contributed by atoms with E-state index in [1.165, 1.54) is 17.0 Å². The standard InChI is InChI=1S/C17H15F3N2O/c1-10-2-8-13(9-3-10)22-15(14(21)16(22)23)11-4-6-12(7-5-11)17(18,19)20/h2-9,14-15H,21H2,1H3/t14-,15-/m0/s1. The molecule has 0 bridgehead atoms. The van der Waals surface area contributed by atoms with Crippen molar-refractivity contribution >= 4 is 11.6 Å². The van der Waals surface area contributed by atoms with Crippen molar-refractivity contribution in [1.29, 1.82) is 0 Å². The van der Waals surface area contributed by atoms with Gasteiger partial charge in [-0.1, -0.05) is 29.8 Å². The summed E-state index contributed by atoms with van der Waals surface area (Å²) < 4.78 is 37.9. The summed E-state index contributed by atoms with van der Waals surface area (Å²) in [4.78, 5) is 13.6. The number of alkyl halides is 3. The second-order valence-electron chi connectivity index (χ2n) is 5.63. The van der Waals surface area contributed by atoms with Gasteiger partial charge in [0.2, 0.25) is 5.91 Å². The number of carbonyl (C=O) groups excluding carboxylic acids is 1. The Labute approximate surface area is 131 Å². The van der Waals surface area contributed by atoms with Crippen molar-refractivity contribution in [3.8, 4) is 0 Å². The molecule has 0 aliphatic carbocycles. The molecule has 6 heteroatoms. The minimum atomic E-state index is -4.38. The van der Waals surface area contributed by atoms with Gasteiger partial charge in [-0.2, -0.15) is 13.2 Å². The maximum atomic E-state index is 12.6. The molecular weight excluding hydrogens is 305 g/mol. The minimum absolute atomic E-state index is 0.237. The Morgan fingerprint density at radius 3 is 2.09 bits per heavy atom. The highest BCUT2D eigenvalue weighted by Crippen LogP contribution is 2.39. The molecule has 3 rings (SSSR count). The van der Waals surface area contributed by atoms with E-state index in [1.54, 1.807) is 12.1 Å². The topological polar surface area (TPSA) is 46.3 Å². The van der Waals surface area contributed by atoms with E-state index in [4.69, 9.17) is 5.73 Å². The Bertz CT molecular complexity index is 723. The van der Waals surface area contributed by atoms with E-state index in [0.717, 1.165) is 17.7 Å². The van der Waals surface area contributed by atoms with Gasteiger partial charge in [-0.15, -0.1) is 0 Å². The zero-order valence-electron chi connectivity index (χ0n) is 12.3. The molecule has 2 aromatic rings. The Morgan fingerprint density at radius 2 is 1.57 bits per heavy atom. The van der Waals surface area contributed by atoms with Crippen LogP contribution in [0.3, 0.4) is 0 Å². The number of hydrogen-bond acceptors (Lipinski definition) is 2. The van der Waals surface area contributed by atoms with E-state index < -0.39 is 23.8 Å². The van der Waals surface area contributed by atoms with Crippen molar-refractivity contribution < 1.29 is 18.0 Å². The summed E-state index contributed by atoms with van der Waals surface area (Å²) in [7, 11) is 0. The maximum absolute atomic E-state index is 12.6. The van der Waals surface area contributed by atoms with Gasteiger partial charge in [-0.05, 0) is 36.8 Å². The van der Waals surface area contributed by atoms with Crippen molar-refractivity contribution in [2.24, 2.45) is 5.73 Å². The summed E-state index contributed by atoms with van der Waals surface area (Å²) in [6.45, 7) is 1.93. The number of nitrogens with zero attached hydrogens (tertiary/aromatic N) is 1. The first-order valence-corrected chi connectivity index (χ1v) is 7.11. The highest BCUT2D eigenvalue weighted by Gasteiger charge is 2.46. The third-order valence-corrected chi connectivity index (χ3v) is 4.03. The molecule has 2 N–H and O–H groups in total. The molecule has 1 aliphatic heterocycles. The van der Waals surface area contributed by atoms with E-state index in [0.29, 0.717) is 11.3 Å². The average molecular weight is 320 g/mol. The molecule has 1 aliphatic rings. The Balaban J connectivity index is 1.91. The number of halogens is 3. The SMILES string of the molecule is Cc1ccc(N2C(=O)[C@@H](N)[C@@H]2c2ccc(C(F)(F)F)cc2)cc1. The third-order valence-electron chi connectivity index (χ3n) is 4.03. The molecular formula is C17H15F3N2O. The fraction of sp³-hybridized carbons (Fsp3) is 0.235. The fourth-order valence-corrected chi connectivity index (χ4v) is 2.73. The predicted octanol–water partition coefficient (Wildman–Crippen LogP) is 3.43. The second-order valence-corrected chi connectivity index (χ2v) is 5.63. The van der Waals surface area contributed by atoms with Crippen LogP contribution in [-0.4, -0.2) is 11.9 Å². The van der Waals surface area contributed by atoms with Crippen molar-refractivity contribution in [2.45, 2.75) is 25.2 Å². The van der Waals surface area contributed by atoms with E-state index in [1.807, 2.05) is 19.1 Å². The zero-order valence-corrected chi connectivity index (χ0v) is 12.3. The van der Waals surface area contributed by atoms with Gasteiger partial charge in [0.15, 0.2) is 0 Å². The highest BCUT2D eigenvalue weighted by atomic mass is 19.4. The molecule has 23 heavy (non-hydrogen) atoms. The fourth-order valence-electron chi connectivity index (χ4n) is 2.73. The Kier molecular flexibility index (Phi) is 3.64. The Morgan fingerprint density at radius 1 is 1.00 bits per heavy atom. The van der Waals surface area contributed by atoms with Gasteiger partial charge in [-0.25, -0.2) is 0 Å². The van der Waals surface area contributed by atoms with Gasteiger partial charge < -0.3 is 10.6 Å². The van der Waals surface area contributed by atoms with Crippen LogP contribution in [0.25, 0.3) is 0 Å². The molecule has 0 aromatic heterocycles. The van der Waals surface area contributed by atoms with Crippen molar-refractivity contribution in [1.82, 2.24) is 0 Å². The monoisotopic (exact) mass is 320 g/mol. The summed E-state index contributed by atoms with van der Waals surface area (Å²) >= 11 is 0. The minimum Gasteiger partial charge on any atom is -0.318 e. The summed E-state index contributed by atoms with van der Waals surface area (Å²) in [5.74, 6) is -0.237. The van der Waals surface area contributed by atoms with E-state index in [2.05, 4.69) is 0 Å². The molecule has 0 saturated carbocycles. The number of hydrogen-bond donors (Lipinski definition) is 1. The van der Waals surface area contributed by atoms with Crippen molar-refractivity contribution in [2.75, 3.05) is 4.90 Å². The second kappa shape index (κ2) is 5.38. The van der Waals surface area contributed by atoms with Gasteiger partial charge in [0.05, 0.1) is 11.6 Å². The van der Waals surface area contributed by atoms with E-state index >= 15 is 0 Å². The number of amides is 1. The third kappa shape index (κ3) is 2.70. The van der Waals surface area contributed by atoms with Gasteiger partial charge in [0.25, 0.3) is 0 Å². The maximum Gasteiger partial charge on any atom is 0.416 e. The molecule has 2 atom stereocenters. The van der Waals surface area contributed by atoms with Gasteiger partial charge >= 0.3 is 6.18 Å². The lowest BCUT2D eigenvalue weighted by atomic mass is 9.88. The summed E-state index contributed by atoms with van der Waals surface area (Å²) in [5.41, 5.74) is 7.47. The highest BCUT2D eigenvalue weighted by molar-refractivity contribution is 6.05. The number of carbonyl (C=O) groups is 1. The molecule has 120 valence electrons. The number of nitrogens with two attached hydrogens (primary N) is 1. The molecule has 1 amide bonds. The number of benzene rings is 2. The molecule has 2 aromatic carbocycles. The predicted molar refractivity (Wildman–Crippen MR) is 80.8 cm³/mol. The molecule has 1 fully saturated rings. The van der Waals surface area contributed by atoms with Crippen molar-refractivity contribution in [3.63, 3.8) is 0 Å². The van der Waals surface area contributed by atoms with E-state index in [-0.39, 0.29) is 5.91 Å². The number of β-lactam (4-membered cyclic amide) rings is 1. The van der Waals surface area contributed by atoms with Crippen LogP contribution < -0.4 is 10.6 Å². The first-order valence-electron chi connectivity index (χ1n) is 7.11. The largest absolute Gasteiger partial charge is 0.416 e. The van der Waals surface area contributed by atoms with Crippen LogP contribution in [0.5, 0.6) is 0 Å². The van der Waals surface area contributed by atoms with Gasteiger partial charge in [0.1, 0.15) is 6.04 Å². The molecule has 1 heterocycles. The summed E-state index contributed by atoms with van der Waals surface area (Å²) in [6.07, 6.45) is -4.38. The van der Waals surface area contributed by atoms with Gasteiger partial charge in [0, 0.05) is 5.69 Å². The average Bonchev–Trinajstić information content (AvgIpc) is 2.52. The first kappa shape index (κ1) is 15.6. The van der Waals surface area contributed by atoms with Crippen molar-refractivity contribution in [3.05, 3.63) is 65.2 Å². The number of rotatable bonds is 2. The lowest BCUT2D eigenvalue weighted by Crippen LogP contribution is -2.63. The lowest BCUT2D eigenvalue weighted by Gasteiger charge is -2.45. The molecule has 0 unspecified atom stereocenters. The number of aryl methyl sites for hydroxylation is 1. The normalized spacial score (nSPS) is 21.3. The molecule has 1 saturated heterocycles. The van der Waals surface area contributed by atoms with Crippen LogP contribution in [0.4, 0.5) is 18.9 Å². The van der Waals surface area contributed by atoms with Crippen LogP contribution in [0.2, 0.25) is 0 Å². The van der Waals surface area contributed by atoms with E-state index in [9.17, 15) is 18.0 Å². The van der Waals surface area contributed by atoms with Gasteiger partial charge in [-0.3, -0.25) is 4.79 Å². The first-order chi connectivity index (χ1) is 10.8. The Hall–Kier alpha value is -2.34. The van der Waals surface area contributed by atoms with Crippen LogP contribution in [0.15, 0.2) is 48.5 Å². The smallest absolute Gasteiger partial charge is 0.318 e.